The van der Waals surface area contributed by atoms with Crippen LogP contribution in [0.5, 0.6) is 0 Å². The molecule has 1 saturated carbocycles. The fourth-order valence-electron chi connectivity index (χ4n) is 4.09. The van der Waals surface area contributed by atoms with Crippen molar-refractivity contribution in [2.24, 2.45) is 13.0 Å². The Labute approximate surface area is 158 Å². The van der Waals surface area contributed by atoms with E-state index in [1.165, 1.54) is 23.4 Å². The number of nitrogens with one attached hydrogen (secondary N) is 1. The van der Waals surface area contributed by atoms with E-state index in [-0.39, 0.29) is 17.9 Å². The van der Waals surface area contributed by atoms with Gasteiger partial charge in [-0.25, -0.2) is 4.98 Å². The van der Waals surface area contributed by atoms with E-state index in [0.29, 0.717) is 6.42 Å². The summed E-state index contributed by atoms with van der Waals surface area (Å²) in [6.45, 7) is 5.71. The molecule has 2 atom stereocenters. The van der Waals surface area contributed by atoms with Crippen molar-refractivity contribution in [2.45, 2.75) is 51.6 Å². The van der Waals surface area contributed by atoms with Gasteiger partial charge in [0.05, 0.1) is 22.4 Å². The number of amides is 1. The highest BCUT2D eigenvalue weighted by Gasteiger charge is 2.40. The Hall–Kier alpha value is -1.73. The zero-order chi connectivity index (χ0) is 18.4. The number of carbonyl (C=O) groups excluding carboxylic acids is 1. The minimum atomic E-state index is 0.0983. The summed E-state index contributed by atoms with van der Waals surface area (Å²) in [5.41, 5.74) is 4.50. The monoisotopic (exact) mass is 373 g/mol. The first-order valence-corrected chi connectivity index (χ1v) is 10.2. The molecule has 0 spiro atoms. The first-order valence-electron chi connectivity index (χ1n) is 9.36. The smallest absolute Gasteiger partial charge is 0.223 e. The molecule has 0 aromatic carbocycles. The lowest BCUT2D eigenvalue weighted by Crippen LogP contribution is -2.30. The first kappa shape index (κ1) is 17.7. The second-order valence-electron chi connectivity index (χ2n) is 7.70. The molecule has 1 amide bonds. The molecule has 2 aromatic rings. The van der Waals surface area contributed by atoms with Crippen molar-refractivity contribution in [3.63, 3.8) is 0 Å². The molecular weight excluding hydrogens is 346 g/mol. The maximum Gasteiger partial charge on any atom is 0.223 e. The molecule has 2 aromatic heterocycles. The third-order valence-electron chi connectivity index (χ3n) is 5.76. The molecule has 1 saturated heterocycles. The van der Waals surface area contributed by atoms with Gasteiger partial charge < -0.3 is 10.2 Å². The third-order valence-corrected chi connectivity index (χ3v) is 6.82. The van der Waals surface area contributed by atoms with Gasteiger partial charge in [-0.2, -0.15) is 5.10 Å². The molecule has 3 heterocycles. The number of rotatable bonds is 6. The Morgan fingerprint density at radius 1 is 1.31 bits per heavy atom. The lowest BCUT2D eigenvalue weighted by molar-refractivity contribution is -0.127. The Kier molecular flexibility index (Phi) is 4.61. The molecule has 2 aliphatic rings. The van der Waals surface area contributed by atoms with E-state index >= 15 is 0 Å². The van der Waals surface area contributed by atoms with E-state index in [4.69, 9.17) is 4.98 Å². The number of aromatic nitrogens is 3. The van der Waals surface area contributed by atoms with Gasteiger partial charge in [0, 0.05) is 62.1 Å². The van der Waals surface area contributed by atoms with E-state index in [1.54, 1.807) is 11.3 Å². The fraction of sp³-hybridized carbons (Fsp3) is 0.632. The Balaban J connectivity index is 1.44. The number of nitrogens with zero attached hydrogens (tertiary/aromatic N) is 4. The fourth-order valence-corrected chi connectivity index (χ4v) is 5.08. The van der Waals surface area contributed by atoms with Gasteiger partial charge in [0.2, 0.25) is 5.91 Å². The van der Waals surface area contributed by atoms with Crippen molar-refractivity contribution < 1.29 is 4.79 Å². The van der Waals surface area contributed by atoms with E-state index in [2.05, 4.69) is 22.7 Å². The zero-order valence-electron chi connectivity index (χ0n) is 16.0. The van der Waals surface area contributed by atoms with E-state index in [0.717, 1.165) is 36.1 Å². The number of likely N-dealkylation sites (tertiary alicyclic amines) is 1. The topological polar surface area (TPSA) is 63.1 Å². The van der Waals surface area contributed by atoms with Crippen LogP contribution in [0.15, 0.2) is 5.38 Å². The number of thiazole rings is 1. The predicted molar refractivity (Wildman–Crippen MR) is 102 cm³/mol. The van der Waals surface area contributed by atoms with E-state index in [1.807, 2.05) is 30.6 Å². The molecule has 1 aliphatic carbocycles. The lowest BCUT2D eigenvalue weighted by atomic mass is 9.92. The second kappa shape index (κ2) is 6.78. The third kappa shape index (κ3) is 3.18. The largest absolute Gasteiger partial charge is 0.338 e. The minimum Gasteiger partial charge on any atom is -0.338 e. The predicted octanol–water partition coefficient (Wildman–Crippen LogP) is 2.68. The van der Waals surface area contributed by atoms with E-state index < -0.39 is 0 Å². The van der Waals surface area contributed by atoms with Gasteiger partial charge in [-0.15, -0.1) is 11.3 Å². The van der Waals surface area contributed by atoms with Gasteiger partial charge in [0.15, 0.2) is 0 Å². The van der Waals surface area contributed by atoms with Gasteiger partial charge in [-0.1, -0.05) is 0 Å². The van der Waals surface area contributed by atoms with Crippen LogP contribution in [0.3, 0.4) is 0 Å². The highest BCUT2D eigenvalue weighted by atomic mass is 32.1. The summed E-state index contributed by atoms with van der Waals surface area (Å²) in [6, 6.07) is 0.0983. The molecule has 1 N–H and O–H groups in total. The maximum atomic E-state index is 12.4. The summed E-state index contributed by atoms with van der Waals surface area (Å²) in [5, 5.41) is 11.5. The average molecular weight is 374 g/mol. The highest BCUT2D eigenvalue weighted by molar-refractivity contribution is 7.09. The Bertz CT molecular complexity index is 822. The van der Waals surface area contributed by atoms with Crippen molar-refractivity contribution in [3.8, 4) is 0 Å². The number of aryl methyl sites for hydroxylation is 2. The molecule has 0 bridgehead atoms. The summed E-state index contributed by atoms with van der Waals surface area (Å²) < 4.78 is 1.92. The maximum absolute atomic E-state index is 12.4. The highest BCUT2D eigenvalue weighted by Crippen LogP contribution is 2.41. The van der Waals surface area contributed by atoms with Crippen LogP contribution in [0.2, 0.25) is 0 Å². The first-order chi connectivity index (χ1) is 12.5. The minimum absolute atomic E-state index is 0.0983. The van der Waals surface area contributed by atoms with Gasteiger partial charge in [0.25, 0.3) is 0 Å². The number of carbonyl (C=O) groups is 1. The van der Waals surface area contributed by atoms with Crippen molar-refractivity contribution >= 4 is 17.2 Å². The van der Waals surface area contributed by atoms with Crippen LogP contribution in [0.1, 0.15) is 58.9 Å². The molecule has 26 heavy (non-hydrogen) atoms. The summed E-state index contributed by atoms with van der Waals surface area (Å²) in [5.74, 6) is 1.19. The van der Waals surface area contributed by atoms with Crippen molar-refractivity contribution in [2.75, 3.05) is 13.6 Å². The van der Waals surface area contributed by atoms with Crippen molar-refractivity contribution in [1.82, 2.24) is 25.0 Å². The second-order valence-corrected chi connectivity index (χ2v) is 8.59. The molecule has 1 aliphatic heterocycles. The van der Waals surface area contributed by atoms with Crippen molar-refractivity contribution in [3.05, 3.63) is 33.0 Å². The number of hydrogen-bond acceptors (Lipinski definition) is 5. The van der Waals surface area contributed by atoms with Crippen LogP contribution >= 0.6 is 11.3 Å². The Morgan fingerprint density at radius 3 is 2.73 bits per heavy atom. The zero-order valence-corrected chi connectivity index (χ0v) is 16.8. The van der Waals surface area contributed by atoms with Gasteiger partial charge >= 0.3 is 0 Å². The molecule has 2 fully saturated rings. The lowest BCUT2D eigenvalue weighted by Gasteiger charge is -2.26. The molecule has 0 unspecified atom stereocenters. The molecule has 0 radical (unpaired) electrons. The quantitative estimate of drug-likeness (QED) is 0.846. The molecule has 7 heteroatoms. The van der Waals surface area contributed by atoms with Crippen LogP contribution < -0.4 is 5.32 Å². The van der Waals surface area contributed by atoms with Crippen LogP contribution in [-0.2, 0) is 18.4 Å². The standard InChI is InChI=1S/C19H27N5OS/c1-11-17(12(2)24(4)22-11)18-14(7-16(25)23(18)3)8-20-9-15-10-26-19(21-15)13-5-6-13/h10,13-14,18,20H,5-9H2,1-4H3/t14-,18+/m0/s1. The Morgan fingerprint density at radius 2 is 2.08 bits per heavy atom. The average Bonchev–Trinajstić information content (AvgIpc) is 3.22. The molecular formula is C19H27N5OS. The van der Waals surface area contributed by atoms with Crippen LogP contribution in [0.4, 0.5) is 0 Å². The van der Waals surface area contributed by atoms with Gasteiger partial charge in [-0.3, -0.25) is 9.48 Å². The van der Waals surface area contributed by atoms with Crippen LogP contribution in [0, 0.1) is 19.8 Å². The van der Waals surface area contributed by atoms with Crippen molar-refractivity contribution in [1.29, 1.82) is 0 Å². The molecule has 140 valence electrons. The summed E-state index contributed by atoms with van der Waals surface area (Å²) >= 11 is 1.78. The van der Waals surface area contributed by atoms with Crippen LogP contribution in [0.25, 0.3) is 0 Å². The summed E-state index contributed by atoms with van der Waals surface area (Å²) in [4.78, 5) is 19.0. The SMILES string of the molecule is Cc1nn(C)c(C)c1[C@H]1[C@H](CNCc2csc(C3CC3)n2)CC(=O)N1C. The van der Waals surface area contributed by atoms with E-state index in [9.17, 15) is 4.79 Å². The summed E-state index contributed by atoms with van der Waals surface area (Å²) in [6.07, 6.45) is 3.18. The van der Waals surface area contributed by atoms with Gasteiger partial charge in [-0.05, 0) is 26.7 Å². The normalized spacial score (nSPS) is 23.2. The molecule has 4 rings (SSSR count). The number of hydrogen-bond donors (Lipinski definition) is 1. The van der Waals surface area contributed by atoms with Crippen LogP contribution in [-0.4, -0.2) is 39.2 Å². The molecule has 6 nitrogen and oxygen atoms in total. The van der Waals surface area contributed by atoms with Gasteiger partial charge in [0.1, 0.15) is 0 Å². The summed E-state index contributed by atoms with van der Waals surface area (Å²) in [7, 11) is 3.89.